The summed E-state index contributed by atoms with van der Waals surface area (Å²) in [6, 6.07) is 8.22. The second kappa shape index (κ2) is 6.07. The maximum Gasteiger partial charge on any atom is 0.146 e. The summed E-state index contributed by atoms with van der Waals surface area (Å²) in [6.45, 7) is 0.809. The van der Waals surface area contributed by atoms with Gasteiger partial charge in [0.25, 0.3) is 0 Å². The Hall–Kier alpha value is -2.01. The van der Waals surface area contributed by atoms with Crippen LogP contribution in [-0.2, 0) is 6.42 Å². The second-order valence-electron chi connectivity index (χ2n) is 3.82. The van der Waals surface area contributed by atoms with Crippen molar-refractivity contribution in [3.8, 4) is 0 Å². The Balaban J connectivity index is 2.12. The summed E-state index contributed by atoms with van der Waals surface area (Å²) in [6.07, 6.45) is 2.41. The highest BCUT2D eigenvalue weighted by Gasteiger charge is 2.03. The van der Waals surface area contributed by atoms with E-state index in [1.165, 1.54) is 6.07 Å². The molecule has 2 aromatic rings. The fraction of sp³-hybridized carbons (Fsp3) is 0.231. The van der Waals surface area contributed by atoms with Gasteiger partial charge in [0.1, 0.15) is 17.5 Å². The summed E-state index contributed by atoms with van der Waals surface area (Å²) < 4.78 is 13.5. The van der Waals surface area contributed by atoms with E-state index in [2.05, 4.69) is 20.6 Å². The molecule has 0 fully saturated rings. The predicted octanol–water partition coefficient (Wildman–Crippen LogP) is 2.12. The molecule has 0 radical (unpaired) electrons. The minimum absolute atomic E-state index is 0.298. The molecule has 0 aliphatic rings. The average molecular weight is 246 g/mol. The molecule has 0 spiro atoms. The lowest BCUT2D eigenvalue weighted by molar-refractivity contribution is 0.631. The van der Waals surface area contributed by atoms with Gasteiger partial charge in [0.2, 0.25) is 0 Å². The molecule has 4 nitrogen and oxygen atoms in total. The van der Waals surface area contributed by atoms with Crippen molar-refractivity contribution in [3.63, 3.8) is 0 Å². The highest BCUT2D eigenvalue weighted by molar-refractivity contribution is 5.56. The molecule has 0 atom stereocenters. The average Bonchev–Trinajstić information content (AvgIpc) is 2.40. The first-order chi connectivity index (χ1) is 8.79. The number of rotatable bonds is 5. The van der Waals surface area contributed by atoms with Crippen LogP contribution in [0.5, 0.6) is 0 Å². The van der Waals surface area contributed by atoms with E-state index in [4.69, 9.17) is 0 Å². The van der Waals surface area contributed by atoms with Crippen LogP contribution in [0, 0.1) is 5.82 Å². The zero-order valence-corrected chi connectivity index (χ0v) is 10.2. The van der Waals surface area contributed by atoms with E-state index in [-0.39, 0.29) is 5.82 Å². The maximum atomic E-state index is 13.5. The van der Waals surface area contributed by atoms with E-state index in [1.807, 2.05) is 7.05 Å². The smallest absolute Gasteiger partial charge is 0.146 e. The molecular weight excluding hydrogens is 231 g/mol. The van der Waals surface area contributed by atoms with Gasteiger partial charge in [-0.2, -0.15) is 0 Å². The van der Waals surface area contributed by atoms with Crippen LogP contribution >= 0.6 is 0 Å². The third kappa shape index (κ3) is 3.24. The van der Waals surface area contributed by atoms with Crippen LogP contribution in [0.15, 0.2) is 36.5 Å². The fourth-order valence-corrected chi connectivity index (χ4v) is 1.53. The van der Waals surface area contributed by atoms with E-state index in [0.29, 0.717) is 11.5 Å². The van der Waals surface area contributed by atoms with Crippen LogP contribution < -0.4 is 10.6 Å². The van der Waals surface area contributed by atoms with Gasteiger partial charge in [0.05, 0.1) is 5.69 Å². The van der Waals surface area contributed by atoms with Crippen molar-refractivity contribution in [2.75, 3.05) is 18.9 Å². The van der Waals surface area contributed by atoms with Crippen LogP contribution in [-0.4, -0.2) is 23.6 Å². The molecule has 0 aliphatic heterocycles. The Bertz CT molecular complexity index is 516. The zero-order chi connectivity index (χ0) is 12.8. The van der Waals surface area contributed by atoms with Crippen molar-refractivity contribution in [2.45, 2.75) is 6.42 Å². The standard InChI is InChI=1S/C13H15FN4/c1-15-8-6-12-16-9-7-13(18-12)17-11-5-3-2-4-10(11)14/h2-5,7,9,15H,6,8H2,1H3,(H,16,17,18). The van der Waals surface area contributed by atoms with E-state index in [1.54, 1.807) is 30.5 Å². The number of hydrogen-bond acceptors (Lipinski definition) is 4. The molecule has 0 unspecified atom stereocenters. The largest absolute Gasteiger partial charge is 0.338 e. The molecule has 18 heavy (non-hydrogen) atoms. The molecule has 0 bridgehead atoms. The minimum Gasteiger partial charge on any atom is -0.338 e. The Morgan fingerprint density at radius 3 is 2.83 bits per heavy atom. The van der Waals surface area contributed by atoms with Gasteiger partial charge in [-0.05, 0) is 25.2 Å². The number of nitrogens with zero attached hydrogens (tertiary/aromatic N) is 2. The van der Waals surface area contributed by atoms with Gasteiger partial charge < -0.3 is 10.6 Å². The Kier molecular flexibility index (Phi) is 4.20. The Morgan fingerprint density at radius 2 is 2.06 bits per heavy atom. The van der Waals surface area contributed by atoms with Gasteiger partial charge >= 0.3 is 0 Å². The molecule has 2 N–H and O–H groups in total. The van der Waals surface area contributed by atoms with Gasteiger partial charge in [-0.3, -0.25) is 0 Å². The quantitative estimate of drug-likeness (QED) is 0.848. The summed E-state index contributed by atoms with van der Waals surface area (Å²) in [4.78, 5) is 8.47. The van der Waals surface area contributed by atoms with Gasteiger partial charge in [0.15, 0.2) is 0 Å². The van der Waals surface area contributed by atoms with Gasteiger partial charge in [-0.15, -0.1) is 0 Å². The SMILES string of the molecule is CNCCc1nccc(Nc2ccccc2F)n1. The summed E-state index contributed by atoms with van der Waals surface area (Å²) in [7, 11) is 1.88. The van der Waals surface area contributed by atoms with Crippen LogP contribution in [0.1, 0.15) is 5.82 Å². The van der Waals surface area contributed by atoms with Crippen LogP contribution in [0.3, 0.4) is 0 Å². The summed E-state index contributed by atoms with van der Waals surface area (Å²) in [5, 5.41) is 5.98. The Morgan fingerprint density at radius 1 is 1.22 bits per heavy atom. The van der Waals surface area contributed by atoms with Gasteiger partial charge in [0, 0.05) is 19.2 Å². The first kappa shape index (κ1) is 12.4. The molecule has 0 saturated heterocycles. The highest BCUT2D eigenvalue weighted by Crippen LogP contribution is 2.17. The van der Waals surface area contributed by atoms with Gasteiger partial charge in [-0.1, -0.05) is 12.1 Å². The lowest BCUT2D eigenvalue weighted by Crippen LogP contribution is -2.12. The van der Waals surface area contributed by atoms with Crippen molar-refractivity contribution >= 4 is 11.5 Å². The van der Waals surface area contributed by atoms with E-state index < -0.39 is 0 Å². The van der Waals surface area contributed by atoms with Crippen molar-refractivity contribution < 1.29 is 4.39 Å². The van der Waals surface area contributed by atoms with Gasteiger partial charge in [-0.25, -0.2) is 14.4 Å². The van der Waals surface area contributed by atoms with E-state index >= 15 is 0 Å². The number of para-hydroxylation sites is 1. The summed E-state index contributed by atoms with van der Waals surface area (Å²) >= 11 is 0. The summed E-state index contributed by atoms with van der Waals surface area (Å²) in [5.74, 6) is 1.03. The zero-order valence-electron chi connectivity index (χ0n) is 10.2. The van der Waals surface area contributed by atoms with Crippen molar-refractivity contribution in [2.24, 2.45) is 0 Å². The molecule has 1 aromatic carbocycles. The lowest BCUT2D eigenvalue weighted by atomic mass is 10.3. The molecule has 1 aromatic heterocycles. The molecule has 5 heteroatoms. The number of anilines is 2. The second-order valence-corrected chi connectivity index (χ2v) is 3.82. The van der Waals surface area contributed by atoms with Crippen molar-refractivity contribution in [1.82, 2.24) is 15.3 Å². The number of nitrogens with one attached hydrogen (secondary N) is 2. The molecule has 94 valence electrons. The summed E-state index contributed by atoms with van der Waals surface area (Å²) in [5.41, 5.74) is 0.413. The molecular formula is C13H15FN4. The minimum atomic E-state index is -0.298. The van der Waals surface area contributed by atoms with Crippen molar-refractivity contribution in [1.29, 1.82) is 0 Å². The molecule has 0 amide bonds. The van der Waals surface area contributed by atoms with Crippen LogP contribution in [0.25, 0.3) is 0 Å². The third-order valence-electron chi connectivity index (χ3n) is 2.44. The fourth-order valence-electron chi connectivity index (χ4n) is 1.53. The first-order valence-electron chi connectivity index (χ1n) is 5.77. The molecule has 1 heterocycles. The number of aromatic nitrogens is 2. The molecule has 0 aliphatic carbocycles. The molecule has 0 saturated carbocycles. The third-order valence-corrected chi connectivity index (χ3v) is 2.44. The normalized spacial score (nSPS) is 10.3. The number of hydrogen-bond donors (Lipinski definition) is 2. The lowest BCUT2D eigenvalue weighted by Gasteiger charge is -2.07. The van der Waals surface area contributed by atoms with Crippen molar-refractivity contribution in [3.05, 3.63) is 48.2 Å². The predicted molar refractivity (Wildman–Crippen MR) is 69.3 cm³/mol. The number of halogens is 1. The Labute approximate surface area is 105 Å². The molecule has 2 rings (SSSR count). The number of benzene rings is 1. The van der Waals surface area contributed by atoms with Crippen LogP contribution in [0.2, 0.25) is 0 Å². The maximum absolute atomic E-state index is 13.5. The highest BCUT2D eigenvalue weighted by atomic mass is 19.1. The van der Waals surface area contributed by atoms with E-state index in [0.717, 1.165) is 18.8 Å². The first-order valence-corrected chi connectivity index (χ1v) is 5.77. The monoisotopic (exact) mass is 246 g/mol. The topological polar surface area (TPSA) is 49.8 Å². The van der Waals surface area contributed by atoms with E-state index in [9.17, 15) is 4.39 Å². The number of likely N-dealkylation sites (N-methyl/N-ethyl adjacent to an activating group) is 1. The van der Waals surface area contributed by atoms with Crippen LogP contribution in [0.4, 0.5) is 15.9 Å².